The Morgan fingerprint density at radius 3 is 0.906 bits per heavy atom. The van der Waals surface area contributed by atoms with Crippen molar-refractivity contribution in [3.63, 3.8) is 0 Å². The molecule has 0 aliphatic rings. The minimum absolute atomic E-state index is 0.164. The molecule has 0 bridgehead atoms. The van der Waals surface area contributed by atoms with Gasteiger partial charge in [0.05, 0.1) is 10.7 Å². The van der Waals surface area contributed by atoms with Crippen molar-refractivity contribution in [1.82, 2.24) is 0 Å². The van der Waals surface area contributed by atoms with Crippen LogP contribution in [0.25, 0.3) is 0 Å². The minimum atomic E-state index is -2.78. The lowest BCUT2D eigenvalue weighted by Gasteiger charge is -2.19. The van der Waals surface area contributed by atoms with E-state index in [0.717, 1.165) is 15.9 Å². The lowest BCUT2D eigenvalue weighted by Crippen LogP contribution is -2.24. The van der Waals surface area contributed by atoms with Gasteiger partial charge in [-0.15, -0.1) is 0 Å². The molecule has 1 nitrogen and oxygen atoms in total. The molecule has 0 aliphatic carbocycles. The predicted molar refractivity (Wildman–Crippen MR) is 150 cm³/mol. The SMILES string of the molecule is Fc1c(I)c(F)c(I)c(F)c1I.O=P(c1ccccc1)(c1ccccc1)c1ccccc1. The van der Waals surface area contributed by atoms with E-state index in [9.17, 15) is 17.7 Å². The van der Waals surface area contributed by atoms with E-state index in [2.05, 4.69) is 0 Å². The quantitative estimate of drug-likeness (QED) is 0.0927. The van der Waals surface area contributed by atoms with E-state index in [4.69, 9.17) is 0 Å². The van der Waals surface area contributed by atoms with Crippen LogP contribution in [0.5, 0.6) is 0 Å². The second kappa shape index (κ2) is 11.5. The Labute approximate surface area is 225 Å². The van der Waals surface area contributed by atoms with Gasteiger partial charge in [-0.1, -0.05) is 91.0 Å². The van der Waals surface area contributed by atoms with Crippen LogP contribution in [0.15, 0.2) is 91.0 Å². The Morgan fingerprint density at radius 1 is 0.469 bits per heavy atom. The van der Waals surface area contributed by atoms with E-state index in [-0.39, 0.29) is 10.7 Å². The molecule has 0 atom stereocenters. The van der Waals surface area contributed by atoms with Crippen molar-refractivity contribution in [1.29, 1.82) is 0 Å². The monoisotopic (exact) mass is 788 g/mol. The van der Waals surface area contributed by atoms with Crippen LogP contribution < -0.4 is 15.9 Å². The van der Waals surface area contributed by atoms with Crippen molar-refractivity contribution in [3.8, 4) is 0 Å². The molecular weight excluding hydrogens is 773 g/mol. The molecule has 0 heterocycles. The van der Waals surface area contributed by atoms with Crippen LogP contribution in [0.4, 0.5) is 13.2 Å². The topological polar surface area (TPSA) is 17.1 Å². The summed E-state index contributed by atoms with van der Waals surface area (Å²) in [4.78, 5) is 0. The van der Waals surface area contributed by atoms with Crippen molar-refractivity contribution in [2.24, 2.45) is 0 Å². The fourth-order valence-corrected chi connectivity index (χ4v) is 8.78. The van der Waals surface area contributed by atoms with Gasteiger partial charge < -0.3 is 4.57 Å². The van der Waals surface area contributed by atoms with Gasteiger partial charge in [0.25, 0.3) is 0 Å². The van der Waals surface area contributed by atoms with Crippen LogP contribution in [0, 0.1) is 28.2 Å². The van der Waals surface area contributed by atoms with Gasteiger partial charge in [-0.3, -0.25) is 0 Å². The summed E-state index contributed by atoms with van der Waals surface area (Å²) in [6, 6.07) is 29.1. The Balaban J connectivity index is 0.000000207. The Kier molecular flexibility index (Phi) is 9.23. The summed E-state index contributed by atoms with van der Waals surface area (Å²) >= 11 is 4.53. The van der Waals surface area contributed by atoms with Gasteiger partial charge in [-0.05, 0) is 67.8 Å². The minimum Gasteiger partial charge on any atom is -0.309 e. The molecule has 4 aromatic carbocycles. The van der Waals surface area contributed by atoms with Gasteiger partial charge in [-0.2, -0.15) is 0 Å². The highest BCUT2D eigenvalue weighted by atomic mass is 127. The number of halogens is 6. The third kappa shape index (κ3) is 5.42. The fourth-order valence-electron chi connectivity index (χ4n) is 2.94. The third-order valence-electron chi connectivity index (χ3n) is 4.52. The lowest BCUT2D eigenvalue weighted by molar-refractivity contribution is 0.515. The van der Waals surface area contributed by atoms with Crippen LogP contribution >= 0.6 is 74.9 Å². The Morgan fingerprint density at radius 2 is 0.688 bits per heavy atom. The fraction of sp³-hybridized carbons (Fsp3) is 0. The molecule has 32 heavy (non-hydrogen) atoms. The number of hydrogen-bond donors (Lipinski definition) is 0. The first kappa shape index (κ1) is 25.7. The molecule has 0 fully saturated rings. The van der Waals surface area contributed by atoms with Gasteiger partial charge in [0.1, 0.15) is 0 Å². The summed E-state index contributed by atoms with van der Waals surface area (Å²) < 4.78 is 52.1. The van der Waals surface area contributed by atoms with Crippen molar-refractivity contribution < 1.29 is 17.7 Å². The van der Waals surface area contributed by atoms with Crippen molar-refractivity contribution in [3.05, 3.63) is 119 Å². The first-order valence-corrected chi connectivity index (χ1v) is 14.2. The first-order valence-electron chi connectivity index (χ1n) is 9.22. The zero-order valence-electron chi connectivity index (χ0n) is 16.3. The molecule has 0 radical (unpaired) electrons. The van der Waals surface area contributed by atoms with E-state index >= 15 is 0 Å². The molecule has 0 N–H and O–H groups in total. The van der Waals surface area contributed by atoms with Crippen LogP contribution in [-0.2, 0) is 4.57 Å². The molecule has 0 aromatic heterocycles. The van der Waals surface area contributed by atoms with Crippen molar-refractivity contribution in [2.75, 3.05) is 0 Å². The molecule has 4 aromatic rings. The zero-order valence-corrected chi connectivity index (χ0v) is 23.7. The smallest absolute Gasteiger partial charge is 0.171 e. The third-order valence-corrected chi connectivity index (χ3v) is 10.4. The molecule has 164 valence electrons. The number of benzene rings is 4. The maximum Gasteiger partial charge on any atom is 0.171 e. The van der Waals surface area contributed by atoms with Gasteiger partial charge in [0.15, 0.2) is 24.6 Å². The number of hydrogen-bond acceptors (Lipinski definition) is 1. The summed E-state index contributed by atoms with van der Waals surface area (Å²) in [6.45, 7) is 0. The van der Waals surface area contributed by atoms with Gasteiger partial charge in [0, 0.05) is 15.9 Å². The number of rotatable bonds is 3. The second-order valence-electron chi connectivity index (χ2n) is 6.50. The molecule has 8 heteroatoms. The summed E-state index contributed by atoms with van der Waals surface area (Å²) in [5.74, 6) is -2.48. The van der Waals surface area contributed by atoms with Gasteiger partial charge in [0.2, 0.25) is 0 Å². The standard InChI is InChI=1S/C18H15OP.C6F3I3/c19-20(16-10-4-1-5-11-16,17-12-6-2-7-13-17)18-14-8-3-9-15-18;7-1-4(10)2(8)6(12)3(9)5(1)11/h1-15H;. The molecule has 0 amide bonds. The molecule has 0 saturated heterocycles. The molecule has 0 saturated carbocycles. The molecular formula is C24H15F3I3OP. The zero-order chi connectivity index (χ0) is 23.3. The average molecular weight is 788 g/mol. The predicted octanol–water partition coefficient (Wildman–Crippen LogP) is 7.24. The Hall–Kier alpha value is -0.910. The second-order valence-corrected chi connectivity index (χ2v) is 12.5. The maximum absolute atomic E-state index is 13.8. The highest BCUT2D eigenvalue weighted by Crippen LogP contribution is 2.41. The molecule has 4 rings (SSSR count). The average Bonchev–Trinajstić information content (AvgIpc) is 2.86. The van der Waals surface area contributed by atoms with E-state index in [0.29, 0.717) is 0 Å². The highest BCUT2D eigenvalue weighted by Gasteiger charge is 2.28. The largest absolute Gasteiger partial charge is 0.309 e. The van der Waals surface area contributed by atoms with E-state index in [1.165, 1.54) is 67.8 Å². The normalized spacial score (nSPS) is 10.9. The van der Waals surface area contributed by atoms with E-state index in [1.54, 1.807) is 0 Å². The van der Waals surface area contributed by atoms with Crippen LogP contribution in [0.1, 0.15) is 0 Å². The summed E-state index contributed by atoms with van der Waals surface area (Å²) in [5, 5.41) is 2.62. The molecule has 0 spiro atoms. The van der Waals surface area contributed by atoms with Crippen LogP contribution in [0.3, 0.4) is 0 Å². The van der Waals surface area contributed by atoms with Crippen molar-refractivity contribution >= 4 is 90.8 Å². The van der Waals surface area contributed by atoms with Crippen LogP contribution in [-0.4, -0.2) is 0 Å². The lowest BCUT2D eigenvalue weighted by atomic mass is 10.3. The Bertz CT molecular complexity index is 1050. The first-order chi connectivity index (χ1) is 15.3. The summed E-state index contributed by atoms with van der Waals surface area (Å²) in [7, 11) is -2.78. The van der Waals surface area contributed by atoms with Gasteiger partial charge in [-0.25, -0.2) is 13.2 Å². The van der Waals surface area contributed by atoms with Gasteiger partial charge >= 0.3 is 0 Å². The molecule has 0 aliphatic heterocycles. The van der Waals surface area contributed by atoms with E-state index < -0.39 is 24.6 Å². The summed E-state index contributed by atoms with van der Waals surface area (Å²) in [5.41, 5.74) is 0. The highest BCUT2D eigenvalue weighted by molar-refractivity contribution is 14.1. The van der Waals surface area contributed by atoms with Crippen LogP contribution in [0.2, 0.25) is 0 Å². The summed E-state index contributed by atoms with van der Waals surface area (Å²) in [6.07, 6.45) is 0. The molecule has 0 unspecified atom stereocenters. The van der Waals surface area contributed by atoms with Crippen molar-refractivity contribution in [2.45, 2.75) is 0 Å². The maximum atomic E-state index is 13.8. The van der Waals surface area contributed by atoms with E-state index in [1.807, 2.05) is 91.0 Å².